The lowest BCUT2D eigenvalue weighted by molar-refractivity contribution is -0.127. The second-order valence-electron chi connectivity index (χ2n) is 3.75. The Morgan fingerprint density at radius 2 is 1.94 bits per heavy atom. The van der Waals surface area contributed by atoms with Crippen molar-refractivity contribution in [2.45, 2.75) is 24.7 Å². The molecule has 0 spiro atoms. The van der Waals surface area contributed by atoms with Gasteiger partial charge in [-0.2, -0.15) is 0 Å². The van der Waals surface area contributed by atoms with Gasteiger partial charge in [-0.15, -0.1) is 0 Å². The van der Waals surface area contributed by atoms with Crippen molar-refractivity contribution >= 4 is 17.0 Å². The summed E-state index contributed by atoms with van der Waals surface area (Å²) >= 11 is -1.84. The molecule has 1 saturated heterocycles. The number of benzene rings is 1. The summed E-state index contributed by atoms with van der Waals surface area (Å²) < 4.78 is 19.0. The molecule has 0 saturated carbocycles. The van der Waals surface area contributed by atoms with Crippen LogP contribution >= 0.6 is 0 Å². The second kappa shape index (κ2) is 6.48. The highest BCUT2D eigenvalue weighted by Gasteiger charge is 2.15. The minimum absolute atomic E-state index is 0.0694. The first-order valence-electron chi connectivity index (χ1n) is 5.23. The van der Waals surface area contributed by atoms with Crippen LogP contribution in [0.4, 0.5) is 0 Å². The molecule has 1 aliphatic heterocycles. The molecule has 1 unspecified atom stereocenters. The largest absolute Gasteiger partial charge is 0.302 e. The van der Waals surface area contributed by atoms with E-state index < -0.39 is 11.1 Å². The van der Waals surface area contributed by atoms with Gasteiger partial charge in [0.05, 0.1) is 4.90 Å². The summed E-state index contributed by atoms with van der Waals surface area (Å²) in [6.45, 7) is 2.67. The maximum absolute atomic E-state index is 10.4. The van der Waals surface area contributed by atoms with E-state index in [1.54, 1.807) is 12.1 Å². The molecule has 6 heteroatoms. The molecule has 1 fully saturated rings. The summed E-state index contributed by atoms with van der Waals surface area (Å²) in [4.78, 5) is 10.8. The number of hydrogen-bond donors (Lipinski definition) is 2. The van der Waals surface area contributed by atoms with Crippen LogP contribution in [0.5, 0.6) is 0 Å². The molecule has 5 nitrogen and oxygen atoms in total. The van der Waals surface area contributed by atoms with Crippen LogP contribution in [0.1, 0.15) is 18.4 Å². The molecule has 1 atom stereocenters. The average Bonchev–Trinajstić information content (AvgIpc) is 2.65. The van der Waals surface area contributed by atoms with Gasteiger partial charge in [0.2, 0.25) is 5.91 Å². The lowest BCUT2D eigenvalue weighted by Crippen LogP contribution is -2.31. The SMILES string of the molecule is Cc1ccc(S(=O)O)cc1.NN1CCCC1=O. The summed E-state index contributed by atoms with van der Waals surface area (Å²) in [6.07, 6.45) is 1.56. The van der Waals surface area contributed by atoms with Gasteiger partial charge in [0.25, 0.3) is 0 Å². The molecule has 0 bridgehead atoms. The number of carbonyl (C=O) groups is 1. The van der Waals surface area contributed by atoms with Gasteiger partial charge < -0.3 is 4.55 Å². The van der Waals surface area contributed by atoms with E-state index in [9.17, 15) is 9.00 Å². The molecule has 1 amide bonds. The molecule has 0 aromatic heterocycles. The number of nitrogens with zero attached hydrogens (tertiary/aromatic N) is 1. The summed E-state index contributed by atoms with van der Waals surface area (Å²) in [5.41, 5.74) is 1.09. The molecule has 3 N–H and O–H groups in total. The van der Waals surface area contributed by atoms with Crippen molar-refractivity contribution in [3.05, 3.63) is 29.8 Å². The van der Waals surface area contributed by atoms with Crippen molar-refractivity contribution in [1.82, 2.24) is 5.01 Å². The molecule has 0 radical (unpaired) electrons. The summed E-state index contributed by atoms with van der Waals surface area (Å²) in [7, 11) is 0. The van der Waals surface area contributed by atoms with Gasteiger partial charge in [-0.05, 0) is 25.5 Å². The van der Waals surface area contributed by atoms with E-state index in [1.165, 1.54) is 5.01 Å². The van der Waals surface area contributed by atoms with Gasteiger partial charge in [0, 0.05) is 13.0 Å². The maximum atomic E-state index is 10.4. The standard InChI is InChI=1S/C7H8O2S.C4H8N2O/c1-6-2-4-7(5-3-6)10(8)9;5-6-3-1-2-4(6)7/h2-5H,1H3,(H,8,9);1-3,5H2. The van der Waals surface area contributed by atoms with Crippen LogP contribution < -0.4 is 5.84 Å². The first-order valence-corrected chi connectivity index (χ1v) is 6.34. The number of hydrazine groups is 1. The minimum atomic E-state index is -1.84. The number of nitrogens with two attached hydrogens (primary N) is 1. The second-order valence-corrected chi connectivity index (χ2v) is 4.72. The Labute approximate surface area is 103 Å². The highest BCUT2D eigenvalue weighted by Crippen LogP contribution is 2.05. The molecule has 17 heavy (non-hydrogen) atoms. The molecule has 94 valence electrons. The molecule has 1 aliphatic rings. The van der Waals surface area contributed by atoms with Gasteiger partial charge in [0.1, 0.15) is 0 Å². The molecule has 1 heterocycles. The van der Waals surface area contributed by atoms with E-state index >= 15 is 0 Å². The number of rotatable bonds is 1. The maximum Gasteiger partial charge on any atom is 0.236 e. The zero-order chi connectivity index (χ0) is 12.8. The van der Waals surface area contributed by atoms with E-state index in [0.717, 1.165) is 18.5 Å². The van der Waals surface area contributed by atoms with Crippen LogP contribution in [0, 0.1) is 6.92 Å². The van der Waals surface area contributed by atoms with Crippen LogP contribution in [0.25, 0.3) is 0 Å². The number of amides is 1. The topological polar surface area (TPSA) is 83.6 Å². The summed E-state index contributed by atoms with van der Waals surface area (Å²) in [5.74, 6) is 5.23. The van der Waals surface area contributed by atoms with E-state index in [1.807, 2.05) is 19.1 Å². The van der Waals surface area contributed by atoms with Crippen LogP contribution in [-0.2, 0) is 15.9 Å². The lowest BCUT2D eigenvalue weighted by Gasteiger charge is -2.03. The molecule has 2 rings (SSSR count). The molecule has 1 aromatic rings. The Balaban J connectivity index is 0.000000181. The number of aryl methyl sites for hydroxylation is 1. The van der Waals surface area contributed by atoms with Gasteiger partial charge in [-0.1, -0.05) is 17.7 Å². The van der Waals surface area contributed by atoms with E-state index in [4.69, 9.17) is 10.4 Å². The third-order valence-corrected chi connectivity index (χ3v) is 3.01. The van der Waals surface area contributed by atoms with Gasteiger partial charge in [-0.3, -0.25) is 9.80 Å². The highest BCUT2D eigenvalue weighted by atomic mass is 32.2. The van der Waals surface area contributed by atoms with Gasteiger partial charge >= 0.3 is 0 Å². The fraction of sp³-hybridized carbons (Fsp3) is 0.364. The van der Waals surface area contributed by atoms with Gasteiger partial charge in [0.15, 0.2) is 11.1 Å². The Morgan fingerprint density at radius 1 is 1.35 bits per heavy atom. The predicted molar refractivity (Wildman–Crippen MR) is 65.4 cm³/mol. The fourth-order valence-corrected chi connectivity index (χ4v) is 1.69. The first kappa shape index (κ1) is 13.8. The van der Waals surface area contributed by atoms with Gasteiger partial charge in [-0.25, -0.2) is 10.1 Å². The Morgan fingerprint density at radius 3 is 2.24 bits per heavy atom. The van der Waals surface area contributed by atoms with E-state index in [-0.39, 0.29) is 5.91 Å². The Bertz CT molecular complexity index is 406. The quantitative estimate of drug-likeness (QED) is 0.447. The van der Waals surface area contributed by atoms with Crippen molar-refractivity contribution in [1.29, 1.82) is 0 Å². The fourth-order valence-electron chi connectivity index (χ4n) is 1.32. The van der Waals surface area contributed by atoms with Crippen molar-refractivity contribution < 1.29 is 13.6 Å². The van der Waals surface area contributed by atoms with Crippen molar-refractivity contribution in [3.8, 4) is 0 Å². The summed E-state index contributed by atoms with van der Waals surface area (Å²) in [6, 6.07) is 6.91. The molecule has 0 aliphatic carbocycles. The third kappa shape index (κ3) is 4.64. The number of hydrogen-bond acceptors (Lipinski definition) is 3. The van der Waals surface area contributed by atoms with Crippen molar-refractivity contribution in [2.75, 3.05) is 6.54 Å². The van der Waals surface area contributed by atoms with Crippen LogP contribution in [-0.4, -0.2) is 26.2 Å². The summed E-state index contributed by atoms with van der Waals surface area (Å²) in [5, 5.41) is 1.26. The van der Waals surface area contributed by atoms with Crippen LogP contribution in [0.2, 0.25) is 0 Å². The van der Waals surface area contributed by atoms with Crippen molar-refractivity contribution in [2.24, 2.45) is 5.84 Å². The third-order valence-electron chi connectivity index (χ3n) is 2.33. The monoisotopic (exact) mass is 256 g/mol. The predicted octanol–water partition coefficient (Wildman–Crippen LogP) is 1.06. The highest BCUT2D eigenvalue weighted by molar-refractivity contribution is 7.79. The number of carbonyl (C=O) groups excluding carboxylic acids is 1. The molecular weight excluding hydrogens is 240 g/mol. The lowest BCUT2D eigenvalue weighted by atomic mass is 10.2. The zero-order valence-corrected chi connectivity index (χ0v) is 10.4. The van der Waals surface area contributed by atoms with E-state index in [0.29, 0.717) is 11.3 Å². The molecule has 1 aromatic carbocycles. The average molecular weight is 256 g/mol. The van der Waals surface area contributed by atoms with Crippen LogP contribution in [0.3, 0.4) is 0 Å². The Kier molecular flexibility index (Phi) is 5.27. The smallest absolute Gasteiger partial charge is 0.236 e. The first-order chi connectivity index (χ1) is 8.00. The normalized spacial score (nSPS) is 16.4. The minimum Gasteiger partial charge on any atom is -0.302 e. The van der Waals surface area contributed by atoms with Crippen LogP contribution in [0.15, 0.2) is 29.2 Å². The zero-order valence-electron chi connectivity index (χ0n) is 9.63. The Hall–Kier alpha value is -1.24. The molecular formula is C11H16N2O3S. The van der Waals surface area contributed by atoms with E-state index in [2.05, 4.69) is 0 Å². The van der Waals surface area contributed by atoms with Crippen molar-refractivity contribution in [3.63, 3.8) is 0 Å².